The lowest BCUT2D eigenvalue weighted by molar-refractivity contribution is -0.150. The molecule has 0 aromatic carbocycles. The fourth-order valence-corrected chi connectivity index (χ4v) is 1.37. The first kappa shape index (κ1) is 14.7. The quantitative estimate of drug-likeness (QED) is 0.392. The third-order valence-corrected chi connectivity index (χ3v) is 2.29. The molecular formula is C10H18N2O4. The second-order valence-corrected chi connectivity index (χ2v) is 4.25. The monoisotopic (exact) mass is 230 g/mol. The fraction of sp³-hybridized carbons (Fsp3) is 0.700. The van der Waals surface area contributed by atoms with Crippen LogP contribution in [0.4, 0.5) is 0 Å². The molecule has 0 radical (unpaired) electrons. The summed E-state index contributed by atoms with van der Waals surface area (Å²) in [5.74, 6) is -2.18. The third kappa shape index (κ3) is 3.39. The number of carbonyl (C=O) groups excluding carboxylic acids is 2. The van der Waals surface area contributed by atoms with Gasteiger partial charge in [0, 0.05) is 6.42 Å². The summed E-state index contributed by atoms with van der Waals surface area (Å²) >= 11 is 0. The van der Waals surface area contributed by atoms with Crippen LogP contribution in [-0.2, 0) is 14.4 Å². The predicted molar refractivity (Wildman–Crippen MR) is 57.7 cm³/mol. The highest BCUT2D eigenvalue weighted by molar-refractivity contribution is 6.11. The van der Waals surface area contributed by atoms with E-state index in [1.165, 1.54) is 0 Å². The van der Waals surface area contributed by atoms with Gasteiger partial charge in [-0.15, -0.1) is 0 Å². The van der Waals surface area contributed by atoms with Gasteiger partial charge in [-0.1, -0.05) is 13.8 Å². The van der Waals surface area contributed by atoms with Crippen molar-refractivity contribution >= 4 is 18.0 Å². The summed E-state index contributed by atoms with van der Waals surface area (Å²) in [6.07, 6.45) is 0.0883. The number of carboxylic acids is 1. The summed E-state index contributed by atoms with van der Waals surface area (Å²) in [4.78, 5) is 33.0. The van der Waals surface area contributed by atoms with E-state index in [1.54, 1.807) is 0 Å². The fourth-order valence-electron chi connectivity index (χ4n) is 1.37. The largest absolute Gasteiger partial charge is 0.480 e. The summed E-state index contributed by atoms with van der Waals surface area (Å²) in [6.45, 7) is 3.71. The Morgan fingerprint density at radius 2 is 1.94 bits per heavy atom. The van der Waals surface area contributed by atoms with E-state index in [0.29, 0.717) is 12.7 Å². The van der Waals surface area contributed by atoms with Gasteiger partial charge in [-0.2, -0.15) is 0 Å². The number of Topliss-reactive ketones (excluding diaryl/α,β-unsaturated/α-hetero) is 1. The molecular weight excluding hydrogens is 212 g/mol. The minimum atomic E-state index is -2.20. The molecule has 6 nitrogen and oxygen atoms in total. The molecule has 0 spiro atoms. The molecule has 0 amide bonds. The van der Waals surface area contributed by atoms with Crippen LogP contribution in [0.25, 0.3) is 0 Å². The average Bonchev–Trinajstić information content (AvgIpc) is 2.15. The molecule has 0 aliphatic rings. The highest BCUT2D eigenvalue weighted by Gasteiger charge is 2.44. The van der Waals surface area contributed by atoms with E-state index in [0.717, 1.165) is 0 Å². The van der Waals surface area contributed by atoms with Gasteiger partial charge < -0.3 is 21.4 Å². The van der Waals surface area contributed by atoms with Crippen LogP contribution in [-0.4, -0.2) is 34.7 Å². The molecule has 2 unspecified atom stereocenters. The second-order valence-electron chi connectivity index (χ2n) is 4.25. The lowest BCUT2D eigenvalue weighted by Crippen LogP contribution is -2.60. The topological polar surface area (TPSA) is 123 Å². The van der Waals surface area contributed by atoms with Gasteiger partial charge in [-0.25, -0.2) is 4.79 Å². The second kappa shape index (κ2) is 5.72. The highest BCUT2D eigenvalue weighted by Crippen LogP contribution is 2.13. The van der Waals surface area contributed by atoms with E-state index < -0.39 is 29.8 Å². The molecule has 0 saturated heterocycles. The lowest BCUT2D eigenvalue weighted by atomic mass is 9.85. The lowest BCUT2D eigenvalue weighted by Gasteiger charge is -2.25. The van der Waals surface area contributed by atoms with E-state index >= 15 is 0 Å². The van der Waals surface area contributed by atoms with Gasteiger partial charge in [0.05, 0.1) is 6.04 Å². The van der Waals surface area contributed by atoms with E-state index in [4.69, 9.17) is 16.6 Å². The summed E-state index contributed by atoms with van der Waals surface area (Å²) < 4.78 is 0. The van der Waals surface area contributed by atoms with Gasteiger partial charge in [0.15, 0.2) is 11.3 Å². The van der Waals surface area contributed by atoms with Crippen LogP contribution >= 0.6 is 0 Å². The van der Waals surface area contributed by atoms with Crippen molar-refractivity contribution in [2.24, 2.45) is 17.4 Å². The summed E-state index contributed by atoms with van der Waals surface area (Å²) in [6, 6.07) is -0.957. The maximum atomic E-state index is 11.7. The third-order valence-electron chi connectivity index (χ3n) is 2.29. The zero-order valence-corrected chi connectivity index (χ0v) is 9.47. The highest BCUT2D eigenvalue weighted by atomic mass is 16.4. The number of aldehydes is 1. The Morgan fingerprint density at radius 3 is 2.25 bits per heavy atom. The number of carboxylic acid groups (broad SMARTS) is 1. The number of hydrogen-bond acceptors (Lipinski definition) is 5. The molecule has 6 heteroatoms. The maximum absolute atomic E-state index is 11.7. The Kier molecular flexibility index (Phi) is 5.26. The number of ketones is 1. The summed E-state index contributed by atoms with van der Waals surface area (Å²) in [7, 11) is 0. The first-order valence-corrected chi connectivity index (χ1v) is 5.01. The Bertz CT molecular complexity index is 291. The van der Waals surface area contributed by atoms with Gasteiger partial charge >= 0.3 is 5.97 Å². The van der Waals surface area contributed by atoms with Crippen LogP contribution in [0, 0.1) is 5.92 Å². The molecule has 0 bridgehead atoms. The average molecular weight is 230 g/mol. The van der Waals surface area contributed by atoms with Crippen molar-refractivity contribution in [2.45, 2.75) is 38.3 Å². The Labute approximate surface area is 94.0 Å². The molecule has 2 atom stereocenters. The van der Waals surface area contributed by atoms with Crippen LogP contribution in [0.5, 0.6) is 0 Å². The smallest absolute Gasteiger partial charge is 0.331 e. The van der Waals surface area contributed by atoms with E-state index in [2.05, 4.69) is 0 Å². The molecule has 0 aromatic heterocycles. The number of rotatable bonds is 7. The molecule has 0 saturated carbocycles. The SMILES string of the molecule is CC(C)CC(N)C(=O)C(N)(CC=O)C(=O)O. The minimum Gasteiger partial charge on any atom is -0.480 e. The van der Waals surface area contributed by atoms with Gasteiger partial charge in [-0.05, 0) is 12.3 Å². The van der Waals surface area contributed by atoms with Crippen molar-refractivity contribution in [2.75, 3.05) is 0 Å². The van der Waals surface area contributed by atoms with Crippen LogP contribution in [0.2, 0.25) is 0 Å². The zero-order chi connectivity index (χ0) is 12.9. The zero-order valence-electron chi connectivity index (χ0n) is 9.47. The molecule has 0 heterocycles. The maximum Gasteiger partial charge on any atom is 0.331 e. The van der Waals surface area contributed by atoms with Crippen molar-refractivity contribution < 1.29 is 19.5 Å². The van der Waals surface area contributed by atoms with Gasteiger partial charge in [0.1, 0.15) is 6.29 Å². The number of nitrogens with two attached hydrogens (primary N) is 2. The van der Waals surface area contributed by atoms with E-state index in [-0.39, 0.29) is 5.92 Å². The number of carbonyl (C=O) groups is 3. The van der Waals surface area contributed by atoms with Crippen molar-refractivity contribution in [3.8, 4) is 0 Å². The molecule has 0 rings (SSSR count). The van der Waals surface area contributed by atoms with Crippen molar-refractivity contribution in [3.05, 3.63) is 0 Å². The van der Waals surface area contributed by atoms with Gasteiger partial charge in [0.2, 0.25) is 0 Å². The van der Waals surface area contributed by atoms with Crippen LogP contribution in [0.3, 0.4) is 0 Å². The predicted octanol–water partition coefficient (Wildman–Crippen LogP) is -0.700. The molecule has 0 fully saturated rings. The van der Waals surface area contributed by atoms with Gasteiger partial charge in [-0.3, -0.25) is 4.79 Å². The molecule has 5 N–H and O–H groups in total. The molecule has 0 aliphatic heterocycles. The van der Waals surface area contributed by atoms with Crippen LogP contribution in [0.15, 0.2) is 0 Å². The van der Waals surface area contributed by atoms with Crippen molar-refractivity contribution in [1.29, 1.82) is 0 Å². The Hall–Kier alpha value is -1.27. The molecule has 0 aromatic rings. The number of aliphatic carboxylic acids is 1. The summed E-state index contributed by atoms with van der Waals surface area (Å²) in [5, 5.41) is 8.86. The molecule has 92 valence electrons. The number of hydrogen-bond donors (Lipinski definition) is 3. The Balaban J connectivity index is 4.88. The minimum absolute atomic E-state index is 0.147. The standard InChI is InChI=1S/C10H18N2O4/c1-6(2)5-7(11)8(14)10(12,3-4-13)9(15)16/h4,6-7H,3,5,11-12H2,1-2H3,(H,15,16). The van der Waals surface area contributed by atoms with E-state index in [1.807, 2.05) is 13.8 Å². The van der Waals surface area contributed by atoms with Gasteiger partial charge in [0.25, 0.3) is 0 Å². The van der Waals surface area contributed by atoms with Crippen LogP contribution < -0.4 is 11.5 Å². The molecule has 16 heavy (non-hydrogen) atoms. The summed E-state index contributed by atoms with van der Waals surface area (Å²) in [5.41, 5.74) is 8.78. The van der Waals surface area contributed by atoms with Crippen molar-refractivity contribution in [3.63, 3.8) is 0 Å². The van der Waals surface area contributed by atoms with E-state index in [9.17, 15) is 14.4 Å². The normalized spacial score (nSPS) is 16.6. The van der Waals surface area contributed by atoms with Crippen molar-refractivity contribution in [1.82, 2.24) is 0 Å². The first-order valence-electron chi connectivity index (χ1n) is 5.01. The Morgan fingerprint density at radius 1 is 1.44 bits per heavy atom. The van der Waals surface area contributed by atoms with Crippen LogP contribution in [0.1, 0.15) is 26.7 Å². The first-order chi connectivity index (χ1) is 7.25. The molecule has 0 aliphatic carbocycles.